The van der Waals surface area contributed by atoms with Crippen LogP contribution in [-0.2, 0) is 11.3 Å². The van der Waals surface area contributed by atoms with Crippen molar-refractivity contribution < 1.29 is 14.3 Å². The number of hydrogen-bond acceptors (Lipinski definition) is 4. The first kappa shape index (κ1) is 20.7. The van der Waals surface area contributed by atoms with Crippen LogP contribution in [0.3, 0.4) is 0 Å². The Morgan fingerprint density at radius 3 is 2.68 bits per heavy atom. The minimum atomic E-state index is -0.342. The van der Waals surface area contributed by atoms with E-state index >= 15 is 0 Å². The molecule has 0 spiro atoms. The summed E-state index contributed by atoms with van der Waals surface area (Å²) in [4.78, 5) is 16.4. The molecule has 6 heteroatoms. The van der Waals surface area contributed by atoms with E-state index in [0.29, 0.717) is 22.9 Å². The standard InChI is InChI=1S/C25H21ClN2O3/c1-30-24-11-10-20(13-22(24)26)27-14-19-16-28(23-9-4-3-8-21(19)23)15-17-6-5-7-18(12-17)25(29)31-2/h3-14,16H,15H2,1-2H3. The number of fused-ring (bicyclic) bond motifs is 1. The molecule has 0 fully saturated rings. The van der Waals surface area contributed by atoms with Gasteiger partial charge in [0, 0.05) is 35.4 Å². The number of methoxy groups -OCH3 is 2. The van der Waals surface area contributed by atoms with Crippen LogP contribution in [0.2, 0.25) is 5.02 Å². The highest BCUT2D eigenvalue weighted by molar-refractivity contribution is 6.32. The monoisotopic (exact) mass is 432 g/mol. The topological polar surface area (TPSA) is 52.8 Å². The fourth-order valence-corrected chi connectivity index (χ4v) is 3.75. The highest BCUT2D eigenvalue weighted by atomic mass is 35.5. The van der Waals surface area contributed by atoms with Crippen molar-refractivity contribution in [3.05, 3.63) is 94.6 Å². The van der Waals surface area contributed by atoms with Crippen molar-refractivity contribution in [2.45, 2.75) is 6.54 Å². The first-order valence-electron chi connectivity index (χ1n) is 9.72. The fraction of sp³-hybridized carbons (Fsp3) is 0.120. The van der Waals surface area contributed by atoms with Crippen LogP contribution < -0.4 is 4.74 Å². The van der Waals surface area contributed by atoms with Gasteiger partial charge in [-0.1, -0.05) is 41.9 Å². The average molecular weight is 433 g/mol. The molecule has 31 heavy (non-hydrogen) atoms. The lowest BCUT2D eigenvalue weighted by Crippen LogP contribution is -2.03. The van der Waals surface area contributed by atoms with Crippen LogP contribution in [0.4, 0.5) is 5.69 Å². The third-order valence-corrected chi connectivity index (χ3v) is 5.30. The summed E-state index contributed by atoms with van der Waals surface area (Å²) >= 11 is 6.21. The molecule has 1 aromatic heterocycles. The zero-order valence-electron chi connectivity index (χ0n) is 17.2. The van der Waals surface area contributed by atoms with E-state index in [9.17, 15) is 4.79 Å². The molecular formula is C25H21ClN2O3. The minimum absolute atomic E-state index is 0.342. The van der Waals surface area contributed by atoms with E-state index in [1.54, 1.807) is 25.3 Å². The summed E-state index contributed by atoms with van der Waals surface area (Å²) in [5.41, 5.74) is 4.36. The number of carbonyl (C=O) groups excluding carboxylic acids is 1. The molecule has 0 aliphatic heterocycles. The van der Waals surface area contributed by atoms with Gasteiger partial charge in [0.1, 0.15) is 5.75 Å². The maximum atomic E-state index is 11.9. The van der Waals surface area contributed by atoms with Gasteiger partial charge in [-0.25, -0.2) is 4.79 Å². The van der Waals surface area contributed by atoms with Crippen LogP contribution in [0.5, 0.6) is 5.75 Å². The SMILES string of the molecule is COC(=O)c1cccc(Cn2cc(C=Nc3ccc(OC)c(Cl)c3)c3ccccc32)c1. The number of rotatable bonds is 6. The third kappa shape index (κ3) is 4.47. The Bertz CT molecular complexity index is 1280. The van der Waals surface area contributed by atoms with Gasteiger partial charge in [-0.2, -0.15) is 0 Å². The molecule has 4 aromatic rings. The quantitative estimate of drug-likeness (QED) is 0.282. The number of carbonyl (C=O) groups is 1. The second-order valence-electron chi connectivity index (χ2n) is 7.00. The maximum absolute atomic E-state index is 11.9. The molecule has 0 unspecified atom stereocenters. The molecule has 0 radical (unpaired) electrons. The Kier molecular flexibility index (Phi) is 6.05. The van der Waals surface area contributed by atoms with Gasteiger partial charge in [-0.05, 0) is 42.0 Å². The summed E-state index contributed by atoms with van der Waals surface area (Å²) in [6.45, 7) is 0.619. The zero-order chi connectivity index (χ0) is 21.8. The number of nitrogens with zero attached hydrogens (tertiary/aromatic N) is 2. The molecule has 4 rings (SSSR count). The van der Waals surface area contributed by atoms with E-state index in [1.807, 2.05) is 42.6 Å². The highest BCUT2D eigenvalue weighted by Crippen LogP contribution is 2.29. The second-order valence-corrected chi connectivity index (χ2v) is 7.41. The number of benzene rings is 3. The molecule has 5 nitrogen and oxygen atoms in total. The number of halogens is 1. The predicted molar refractivity (Wildman–Crippen MR) is 124 cm³/mol. The normalized spacial score (nSPS) is 11.2. The summed E-state index contributed by atoms with van der Waals surface area (Å²) in [5, 5.41) is 1.61. The molecule has 0 saturated heterocycles. The molecule has 0 saturated carbocycles. The van der Waals surface area contributed by atoms with Crippen LogP contribution >= 0.6 is 11.6 Å². The summed E-state index contributed by atoms with van der Waals surface area (Å²) in [6, 6.07) is 21.0. The summed E-state index contributed by atoms with van der Waals surface area (Å²) in [6.07, 6.45) is 3.89. The Labute approximate surface area is 185 Å². The predicted octanol–water partition coefficient (Wildman–Crippen LogP) is 5.89. The van der Waals surface area contributed by atoms with Crippen LogP contribution in [0.1, 0.15) is 21.5 Å². The lowest BCUT2D eigenvalue weighted by atomic mass is 10.1. The first-order valence-corrected chi connectivity index (χ1v) is 10.1. The van der Waals surface area contributed by atoms with Crippen molar-refractivity contribution in [3.63, 3.8) is 0 Å². The maximum Gasteiger partial charge on any atom is 0.337 e. The average Bonchev–Trinajstić information content (AvgIpc) is 3.15. The molecule has 3 aromatic carbocycles. The minimum Gasteiger partial charge on any atom is -0.495 e. The smallest absolute Gasteiger partial charge is 0.337 e. The summed E-state index contributed by atoms with van der Waals surface area (Å²) in [5.74, 6) is 0.275. The lowest BCUT2D eigenvalue weighted by molar-refractivity contribution is 0.0600. The van der Waals surface area contributed by atoms with E-state index in [0.717, 1.165) is 27.7 Å². The largest absolute Gasteiger partial charge is 0.495 e. The molecule has 0 N–H and O–H groups in total. The van der Waals surface area contributed by atoms with E-state index in [2.05, 4.69) is 27.9 Å². The van der Waals surface area contributed by atoms with Crippen LogP contribution in [0.15, 0.2) is 77.9 Å². The summed E-state index contributed by atoms with van der Waals surface area (Å²) in [7, 11) is 2.97. The molecule has 0 amide bonds. The highest BCUT2D eigenvalue weighted by Gasteiger charge is 2.10. The van der Waals surface area contributed by atoms with Gasteiger partial charge in [0.15, 0.2) is 0 Å². The fourth-order valence-electron chi connectivity index (χ4n) is 3.50. The van der Waals surface area contributed by atoms with Crippen molar-refractivity contribution in [3.8, 4) is 5.75 Å². The van der Waals surface area contributed by atoms with E-state index in [1.165, 1.54) is 7.11 Å². The molecule has 0 aliphatic rings. The van der Waals surface area contributed by atoms with Gasteiger partial charge in [-0.3, -0.25) is 4.99 Å². The zero-order valence-corrected chi connectivity index (χ0v) is 18.0. The van der Waals surface area contributed by atoms with Gasteiger partial charge in [0.05, 0.1) is 30.5 Å². The van der Waals surface area contributed by atoms with Gasteiger partial charge >= 0.3 is 5.97 Å². The number of aliphatic imine (C=N–C) groups is 1. The summed E-state index contributed by atoms with van der Waals surface area (Å²) < 4.78 is 12.2. The number of aromatic nitrogens is 1. The van der Waals surface area contributed by atoms with Crippen LogP contribution in [0, 0.1) is 0 Å². The van der Waals surface area contributed by atoms with Gasteiger partial charge in [-0.15, -0.1) is 0 Å². The van der Waals surface area contributed by atoms with Crippen molar-refractivity contribution >= 4 is 40.4 Å². The Balaban J connectivity index is 1.66. The van der Waals surface area contributed by atoms with E-state index < -0.39 is 0 Å². The Morgan fingerprint density at radius 1 is 1.06 bits per heavy atom. The van der Waals surface area contributed by atoms with Gasteiger partial charge in [0.2, 0.25) is 0 Å². The first-order chi connectivity index (χ1) is 15.1. The second kappa shape index (κ2) is 9.06. The van der Waals surface area contributed by atoms with Crippen molar-refractivity contribution in [2.24, 2.45) is 4.99 Å². The Hall–Kier alpha value is -3.57. The number of esters is 1. The number of para-hydroxylation sites is 1. The third-order valence-electron chi connectivity index (χ3n) is 5.01. The molecule has 0 bridgehead atoms. The molecule has 1 heterocycles. The van der Waals surface area contributed by atoms with Gasteiger partial charge in [0.25, 0.3) is 0 Å². The van der Waals surface area contributed by atoms with Crippen LogP contribution in [0.25, 0.3) is 10.9 Å². The Morgan fingerprint density at radius 2 is 1.90 bits per heavy atom. The number of hydrogen-bond donors (Lipinski definition) is 0. The van der Waals surface area contributed by atoms with Crippen molar-refractivity contribution in [1.29, 1.82) is 0 Å². The van der Waals surface area contributed by atoms with E-state index in [-0.39, 0.29) is 5.97 Å². The van der Waals surface area contributed by atoms with Gasteiger partial charge < -0.3 is 14.0 Å². The molecule has 156 valence electrons. The number of ether oxygens (including phenoxy) is 2. The molecular weight excluding hydrogens is 412 g/mol. The molecule has 0 aliphatic carbocycles. The van der Waals surface area contributed by atoms with Crippen LogP contribution in [-0.4, -0.2) is 31.0 Å². The lowest BCUT2D eigenvalue weighted by Gasteiger charge is -2.07. The molecule has 0 atom stereocenters. The van der Waals surface area contributed by atoms with E-state index in [4.69, 9.17) is 21.1 Å². The van der Waals surface area contributed by atoms with Crippen molar-refractivity contribution in [2.75, 3.05) is 14.2 Å². The van der Waals surface area contributed by atoms with Crippen molar-refractivity contribution in [1.82, 2.24) is 4.57 Å².